The van der Waals surface area contributed by atoms with Gasteiger partial charge in [0, 0.05) is 12.2 Å². The topological polar surface area (TPSA) is 79.0 Å². The van der Waals surface area contributed by atoms with Gasteiger partial charge in [-0.1, -0.05) is 31.2 Å². The van der Waals surface area contributed by atoms with E-state index in [2.05, 4.69) is 5.32 Å². The first-order valence-electron chi connectivity index (χ1n) is 11.3. The summed E-state index contributed by atoms with van der Waals surface area (Å²) >= 11 is 0. The van der Waals surface area contributed by atoms with E-state index in [1.54, 1.807) is 43.5 Å². The number of carbonyl (C=O) groups is 3. The van der Waals surface area contributed by atoms with Crippen molar-refractivity contribution in [1.82, 2.24) is 4.90 Å². The van der Waals surface area contributed by atoms with Gasteiger partial charge in [-0.2, -0.15) is 0 Å². The van der Waals surface area contributed by atoms with Crippen molar-refractivity contribution >= 4 is 29.2 Å². The number of anilines is 2. The van der Waals surface area contributed by atoms with Gasteiger partial charge in [0.1, 0.15) is 17.6 Å². The normalized spacial score (nSPS) is 15.5. The molecule has 0 unspecified atom stereocenters. The van der Waals surface area contributed by atoms with Gasteiger partial charge in [-0.05, 0) is 66.1 Å². The van der Waals surface area contributed by atoms with Gasteiger partial charge >= 0.3 is 6.03 Å². The van der Waals surface area contributed by atoms with Gasteiger partial charge in [0.25, 0.3) is 5.91 Å². The molecule has 0 spiro atoms. The van der Waals surface area contributed by atoms with Crippen LogP contribution in [-0.4, -0.2) is 35.9 Å². The van der Waals surface area contributed by atoms with Crippen LogP contribution < -0.4 is 15.0 Å². The van der Waals surface area contributed by atoms with Crippen LogP contribution in [0.1, 0.15) is 24.5 Å². The summed E-state index contributed by atoms with van der Waals surface area (Å²) in [6, 6.07) is 18.1. The highest BCUT2D eigenvalue weighted by molar-refractivity contribution is 6.22. The Morgan fingerprint density at radius 3 is 2.17 bits per heavy atom. The number of aryl methyl sites for hydroxylation is 1. The number of carbonyl (C=O) groups excluding carboxylic acids is 3. The highest BCUT2D eigenvalue weighted by atomic mass is 19.1. The van der Waals surface area contributed by atoms with Crippen molar-refractivity contribution in [3.63, 3.8) is 0 Å². The lowest BCUT2D eigenvalue weighted by atomic mass is 10.1. The van der Waals surface area contributed by atoms with E-state index >= 15 is 0 Å². The summed E-state index contributed by atoms with van der Waals surface area (Å²) < 4.78 is 18.6. The Balaban J connectivity index is 1.58. The largest absolute Gasteiger partial charge is 0.497 e. The molecule has 7 nitrogen and oxygen atoms in total. The minimum Gasteiger partial charge on any atom is -0.497 e. The Labute approximate surface area is 203 Å². The first kappa shape index (κ1) is 23.9. The molecule has 35 heavy (non-hydrogen) atoms. The fourth-order valence-electron chi connectivity index (χ4n) is 3.98. The third-order valence-corrected chi connectivity index (χ3v) is 5.94. The maximum absolute atomic E-state index is 13.4. The Bertz CT molecular complexity index is 1210. The van der Waals surface area contributed by atoms with E-state index in [1.807, 2.05) is 19.1 Å². The molecule has 0 saturated carbocycles. The molecule has 0 radical (unpaired) electrons. The zero-order chi connectivity index (χ0) is 24.9. The third-order valence-electron chi connectivity index (χ3n) is 5.94. The van der Waals surface area contributed by atoms with Gasteiger partial charge in [-0.3, -0.25) is 9.59 Å². The first-order valence-corrected chi connectivity index (χ1v) is 11.3. The molecule has 1 aliphatic rings. The molecule has 1 N–H and O–H groups in total. The van der Waals surface area contributed by atoms with Gasteiger partial charge in [-0.15, -0.1) is 0 Å². The number of hydrogen-bond donors (Lipinski definition) is 1. The smallest absolute Gasteiger partial charge is 0.332 e. The summed E-state index contributed by atoms with van der Waals surface area (Å²) in [5.74, 6) is -0.740. The van der Waals surface area contributed by atoms with Gasteiger partial charge in [0.2, 0.25) is 5.91 Å². The molecule has 0 bridgehead atoms. The lowest BCUT2D eigenvalue weighted by molar-refractivity contribution is -0.124. The molecule has 3 aromatic rings. The van der Waals surface area contributed by atoms with Crippen LogP contribution in [-0.2, 0) is 22.6 Å². The van der Waals surface area contributed by atoms with E-state index in [4.69, 9.17) is 4.74 Å². The number of rotatable bonds is 8. The summed E-state index contributed by atoms with van der Waals surface area (Å²) in [4.78, 5) is 41.9. The maximum Gasteiger partial charge on any atom is 0.332 e. The molecule has 1 atom stereocenters. The summed E-state index contributed by atoms with van der Waals surface area (Å²) in [6.45, 7) is 2.16. The minimum atomic E-state index is -1.01. The van der Waals surface area contributed by atoms with Crippen LogP contribution in [0.2, 0.25) is 0 Å². The van der Waals surface area contributed by atoms with E-state index in [-0.39, 0.29) is 24.6 Å². The van der Waals surface area contributed by atoms with Crippen LogP contribution in [0.25, 0.3) is 0 Å². The summed E-state index contributed by atoms with van der Waals surface area (Å²) in [7, 11) is 1.56. The maximum atomic E-state index is 13.4. The van der Waals surface area contributed by atoms with E-state index in [0.717, 1.165) is 22.4 Å². The Kier molecular flexibility index (Phi) is 7.10. The quantitative estimate of drug-likeness (QED) is 0.477. The van der Waals surface area contributed by atoms with E-state index < -0.39 is 23.8 Å². The lowest BCUT2D eigenvalue weighted by Crippen LogP contribution is -2.37. The molecule has 4 amide bonds. The predicted octanol–water partition coefficient (Wildman–Crippen LogP) is 4.76. The Morgan fingerprint density at radius 1 is 0.943 bits per heavy atom. The molecule has 4 rings (SSSR count). The Morgan fingerprint density at radius 2 is 1.57 bits per heavy atom. The number of imide groups is 1. The van der Waals surface area contributed by atoms with Crippen molar-refractivity contribution in [1.29, 1.82) is 0 Å². The zero-order valence-electron chi connectivity index (χ0n) is 19.5. The molecule has 1 saturated heterocycles. The van der Waals surface area contributed by atoms with Crippen LogP contribution >= 0.6 is 0 Å². The van der Waals surface area contributed by atoms with Crippen LogP contribution in [0.3, 0.4) is 0 Å². The third kappa shape index (κ3) is 5.32. The molecular formula is C27H26FN3O4. The molecule has 8 heteroatoms. The molecule has 1 fully saturated rings. The number of ether oxygens (including phenoxy) is 1. The first-order chi connectivity index (χ1) is 16.9. The van der Waals surface area contributed by atoms with Crippen molar-refractivity contribution in [2.24, 2.45) is 0 Å². The van der Waals surface area contributed by atoms with Crippen LogP contribution in [0.15, 0.2) is 72.8 Å². The number of halogens is 1. The van der Waals surface area contributed by atoms with Gasteiger partial charge < -0.3 is 15.0 Å². The molecule has 0 aliphatic carbocycles. The highest BCUT2D eigenvalue weighted by Gasteiger charge is 2.46. The van der Waals surface area contributed by atoms with Crippen molar-refractivity contribution in [3.05, 3.63) is 89.7 Å². The lowest BCUT2D eigenvalue weighted by Gasteiger charge is -2.22. The number of nitrogens with zero attached hydrogens (tertiary/aromatic N) is 2. The van der Waals surface area contributed by atoms with Crippen LogP contribution in [0, 0.1) is 5.82 Å². The molecule has 0 aromatic heterocycles. The Hall–Kier alpha value is -4.20. The summed E-state index contributed by atoms with van der Waals surface area (Å²) in [5.41, 5.74) is 2.77. The van der Waals surface area contributed by atoms with Crippen molar-refractivity contribution in [2.45, 2.75) is 32.4 Å². The molecule has 3 aromatic carbocycles. The minimum absolute atomic E-state index is 0.120. The average Bonchev–Trinajstić information content (AvgIpc) is 3.09. The fourth-order valence-corrected chi connectivity index (χ4v) is 3.98. The van der Waals surface area contributed by atoms with Crippen LogP contribution in [0.4, 0.5) is 20.6 Å². The second-order valence-electron chi connectivity index (χ2n) is 8.23. The van der Waals surface area contributed by atoms with E-state index in [9.17, 15) is 18.8 Å². The number of nitrogens with one attached hydrogen (secondary N) is 1. The number of amides is 4. The van der Waals surface area contributed by atoms with Crippen molar-refractivity contribution in [2.75, 3.05) is 17.3 Å². The molecule has 1 heterocycles. The number of methoxy groups -OCH3 is 1. The predicted molar refractivity (Wildman–Crippen MR) is 131 cm³/mol. The monoisotopic (exact) mass is 475 g/mol. The molecule has 1 aliphatic heterocycles. The number of benzene rings is 3. The summed E-state index contributed by atoms with van der Waals surface area (Å²) in [5, 5.41) is 2.80. The SMILES string of the molecule is CCc1ccc(NC(=O)C[C@H]2C(=O)N(c3ccc(F)cc3)C(=O)N2Cc2ccc(OC)cc2)cc1. The second-order valence-corrected chi connectivity index (χ2v) is 8.23. The van der Waals surface area contributed by atoms with Crippen LogP contribution in [0.5, 0.6) is 5.75 Å². The number of hydrogen-bond acceptors (Lipinski definition) is 4. The second kappa shape index (κ2) is 10.4. The van der Waals surface area contributed by atoms with Crippen molar-refractivity contribution in [3.8, 4) is 5.75 Å². The fraction of sp³-hybridized carbons (Fsp3) is 0.222. The standard InChI is InChI=1S/C27H26FN3O4/c1-3-18-4-10-21(11-5-18)29-25(32)16-24-26(33)31(22-12-8-20(28)9-13-22)27(34)30(24)17-19-6-14-23(35-2)15-7-19/h4-15,24H,3,16-17H2,1-2H3,(H,29,32)/t24-/m0/s1. The van der Waals surface area contributed by atoms with E-state index in [0.29, 0.717) is 11.4 Å². The number of urea groups is 1. The van der Waals surface area contributed by atoms with Gasteiger partial charge in [-0.25, -0.2) is 14.1 Å². The summed E-state index contributed by atoms with van der Waals surface area (Å²) in [6.07, 6.45) is 0.667. The van der Waals surface area contributed by atoms with E-state index in [1.165, 1.54) is 29.2 Å². The highest BCUT2D eigenvalue weighted by Crippen LogP contribution is 2.29. The van der Waals surface area contributed by atoms with Gasteiger partial charge in [0.05, 0.1) is 19.2 Å². The van der Waals surface area contributed by atoms with Crippen molar-refractivity contribution < 1.29 is 23.5 Å². The molecular weight excluding hydrogens is 449 g/mol. The van der Waals surface area contributed by atoms with Gasteiger partial charge in [0.15, 0.2) is 0 Å². The molecule has 180 valence electrons. The zero-order valence-corrected chi connectivity index (χ0v) is 19.5. The average molecular weight is 476 g/mol.